The van der Waals surface area contributed by atoms with Gasteiger partial charge in [-0.2, -0.15) is 11.8 Å². The predicted molar refractivity (Wildman–Crippen MR) is 66.9 cm³/mol. The normalized spacial score (nSPS) is 21.5. The molecule has 1 unspecified atom stereocenters. The number of H-pyrrole nitrogens is 1. The molecule has 1 aliphatic rings. The monoisotopic (exact) mass is 262 g/mol. The zero-order chi connectivity index (χ0) is 10.7. The van der Waals surface area contributed by atoms with Crippen molar-refractivity contribution in [2.75, 3.05) is 17.3 Å². The number of hydrogen-bond donors (Lipinski definition) is 1. The predicted octanol–water partition coefficient (Wildman–Crippen LogP) is 2.03. The van der Waals surface area contributed by atoms with Gasteiger partial charge in [-0.1, -0.05) is 0 Å². The molecule has 0 radical (unpaired) electrons. The summed E-state index contributed by atoms with van der Waals surface area (Å²) in [5.74, 6) is 4.38. The Labute approximate surface area is 101 Å². The number of nitrogens with one attached hydrogen (secondary N) is 1. The number of thioether (sulfide) groups is 2. The van der Waals surface area contributed by atoms with Crippen LogP contribution in [0.1, 0.15) is 16.8 Å². The fourth-order valence-corrected chi connectivity index (χ4v) is 4.15. The lowest BCUT2D eigenvalue weighted by Gasteiger charge is -2.20. The summed E-state index contributed by atoms with van der Waals surface area (Å²) in [4.78, 5) is 18.5. The van der Waals surface area contributed by atoms with Gasteiger partial charge in [0.05, 0.1) is 16.8 Å². The molecule has 1 aromatic rings. The van der Waals surface area contributed by atoms with Gasteiger partial charge >= 0.3 is 0 Å². The summed E-state index contributed by atoms with van der Waals surface area (Å²) < 4.78 is 0. The van der Waals surface area contributed by atoms with Crippen LogP contribution in [-0.4, -0.2) is 27.2 Å². The van der Waals surface area contributed by atoms with E-state index in [1.807, 2.05) is 23.5 Å². The summed E-state index contributed by atoms with van der Waals surface area (Å²) in [5.41, 5.74) is 0.554. The molecule has 6 heteroatoms. The van der Waals surface area contributed by atoms with Crippen LogP contribution in [0.15, 0.2) is 10.9 Å². The van der Waals surface area contributed by atoms with Crippen LogP contribution in [0.5, 0.6) is 0 Å². The first-order valence-corrected chi connectivity index (χ1v) is 7.39. The molecule has 0 aromatic carbocycles. The Hall–Kier alpha value is -0.130. The maximum Gasteiger partial charge on any atom is 0.251 e. The highest BCUT2D eigenvalue weighted by atomic mass is 35.5. The van der Waals surface area contributed by atoms with Crippen LogP contribution in [0, 0.1) is 0 Å². The second-order valence-corrected chi connectivity index (χ2v) is 5.92. The Balaban J connectivity index is 2.26. The van der Waals surface area contributed by atoms with Gasteiger partial charge in [-0.25, -0.2) is 4.98 Å². The minimum atomic E-state index is -0.105. The van der Waals surface area contributed by atoms with E-state index in [9.17, 15) is 4.79 Å². The van der Waals surface area contributed by atoms with Crippen molar-refractivity contribution < 1.29 is 0 Å². The number of halogens is 1. The second-order valence-electron chi connectivity index (χ2n) is 3.19. The SMILES string of the molecule is O=c1cc(CCl)nc(C2CSCCS2)[nH]1. The highest BCUT2D eigenvalue weighted by Gasteiger charge is 2.19. The minimum Gasteiger partial charge on any atom is -0.310 e. The van der Waals surface area contributed by atoms with Crippen LogP contribution in [0.4, 0.5) is 0 Å². The number of alkyl halides is 1. The molecular weight excluding hydrogens is 252 g/mol. The molecule has 0 amide bonds. The van der Waals surface area contributed by atoms with E-state index in [1.165, 1.54) is 11.8 Å². The van der Waals surface area contributed by atoms with Gasteiger partial charge in [-0.05, 0) is 0 Å². The van der Waals surface area contributed by atoms with Crippen molar-refractivity contribution in [2.45, 2.75) is 11.1 Å². The molecule has 0 bridgehead atoms. The number of nitrogens with zero attached hydrogens (tertiary/aromatic N) is 1. The molecule has 3 nitrogen and oxygen atoms in total. The molecule has 1 aliphatic heterocycles. The summed E-state index contributed by atoms with van der Waals surface area (Å²) in [7, 11) is 0. The van der Waals surface area contributed by atoms with Crippen molar-refractivity contribution in [1.82, 2.24) is 9.97 Å². The molecule has 0 saturated carbocycles. The van der Waals surface area contributed by atoms with Gasteiger partial charge in [0, 0.05) is 23.3 Å². The van der Waals surface area contributed by atoms with Crippen molar-refractivity contribution in [2.24, 2.45) is 0 Å². The Morgan fingerprint density at radius 3 is 3.13 bits per heavy atom. The lowest BCUT2D eigenvalue weighted by atomic mass is 10.4. The van der Waals surface area contributed by atoms with Gasteiger partial charge in [0.1, 0.15) is 5.82 Å². The highest BCUT2D eigenvalue weighted by molar-refractivity contribution is 8.06. The van der Waals surface area contributed by atoms with E-state index in [2.05, 4.69) is 9.97 Å². The molecule has 0 spiro atoms. The van der Waals surface area contributed by atoms with E-state index >= 15 is 0 Å². The van der Waals surface area contributed by atoms with Crippen molar-refractivity contribution in [3.8, 4) is 0 Å². The quantitative estimate of drug-likeness (QED) is 0.829. The van der Waals surface area contributed by atoms with Crippen LogP contribution in [0.2, 0.25) is 0 Å². The molecule has 2 rings (SSSR count). The molecule has 1 fully saturated rings. The first kappa shape index (κ1) is 11.4. The largest absolute Gasteiger partial charge is 0.310 e. The van der Waals surface area contributed by atoms with Gasteiger partial charge in [0.15, 0.2) is 0 Å². The van der Waals surface area contributed by atoms with Crippen LogP contribution < -0.4 is 5.56 Å². The Morgan fingerprint density at radius 2 is 2.47 bits per heavy atom. The van der Waals surface area contributed by atoms with Gasteiger partial charge < -0.3 is 4.98 Å². The van der Waals surface area contributed by atoms with E-state index in [0.29, 0.717) is 16.8 Å². The average Bonchev–Trinajstić information content (AvgIpc) is 2.29. The first-order valence-electron chi connectivity index (χ1n) is 4.65. The van der Waals surface area contributed by atoms with E-state index in [4.69, 9.17) is 11.6 Å². The Morgan fingerprint density at radius 1 is 1.60 bits per heavy atom. The summed E-state index contributed by atoms with van der Waals surface area (Å²) in [5, 5.41) is 0.305. The standard InChI is InChI=1S/C9H11ClN2OS2/c10-4-6-3-8(13)12-9(11-6)7-5-14-1-2-15-7/h3,7H,1-2,4-5H2,(H,11,12,13). The van der Waals surface area contributed by atoms with E-state index in [0.717, 1.165) is 17.3 Å². The summed E-state index contributed by atoms with van der Waals surface area (Å²) in [6.07, 6.45) is 0. The lowest BCUT2D eigenvalue weighted by molar-refractivity contribution is 0.882. The van der Waals surface area contributed by atoms with Crippen molar-refractivity contribution in [1.29, 1.82) is 0 Å². The maximum absolute atomic E-state index is 11.3. The van der Waals surface area contributed by atoms with Crippen LogP contribution in [0.3, 0.4) is 0 Å². The molecule has 15 heavy (non-hydrogen) atoms. The average molecular weight is 263 g/mol. The lowest BCUT2D eigenvalue weighted by Crippen LogP contribution is -2.17. The number of aromatic nitrogens is 2. The van der Waals surface area contributed by atoms with E-state index in [-0.39, 0.29) is 5.56 Å². The smallest absolute Gasteiger partial charge is 0.251 e. The van der Waals surface area contributed by atoms with Gasteiger partial charge in [0.2, 0.25) is 0 Å². The summed E-state index contributed by atoms with van der Waals surface area (Å²) in [6, 6.07) is 1.46. The molecule has 1 saturated heterocycles. The molecule has 1 aromatic heterocycles. The van der Waals surface area contributed by atoms with Gasteiger partial charge in [0.25, 0.3) is 5.56 Å². The third-order valence-electron chi connectivity index (χ3n) is 2.07. The van der Waals surface area contributed by atoms with Crippen LogP contribution in [-0.2, 0) is 5.88 Å². The van der Waals surface area contributed by atoms with E-state index < -0.39 is 0 Å². The third-order valence-corrected chi connectivity index (χ3v) is 5.11. The highest BCUT2D eigenvalue weighted by Crippen LogP contribution is 2.34. The Kier molecular flexibility index (Phi) is 3.99. The summed E-state index contributed by atoms with van der Waals surface area (Å²) in [6.45, 7) is 0. The van der Waals surface area contributed by atoms with Gasteiger partial charge in [-0.15, -0.1) is 23.4 Å². The fraction of sp³-hybridized carbons (Fsp3) is 0.556. The van der Waals surface area contributed by atoms with Crippen molar-refractivity contribution in [3.63, 3.8) is 0 Å². The topological polar surface area (TPSA) is 45.8 Å². The second kappa shape index (κ2) is 5.27. The molecule has 82 valence electrons. The Bertz CT molecular complexity index is 390. The zero-order valence-corrected chi connectivity index (χ0v) is 10.4. The first-order chi connectivity index (χ1) is 7.29. The van der Waals surface area contributed by atoms with Crippen molar-refractivity contribution in [3.05, 3.63) is 27.9 Å². The van der Waals surface area contributed by atoms with Gasteiger partial charge in [-0.3, -0.25) is 4.79 Å². The molecule has 0 aliphatic carbocycles. The number of rotatable bonds is 2. The molecule has 1 atom stereocenters. The molecule has 2 heterocycles. The zero-order valence-electron chi connectivity index (χ0n) is 8.03. The number of hydrogen-bond acceptors (Lipinski definition) is 4. The maximum atomic E-state index is 11.3. The third kappa shape index (κ3) is 2.92. The minimum absolute atomic E-state index is 0.105. The van der Waals surface area contributed by atoms with Crippen LogP contribution >= 0.6 is 35.1 Å². The van der Waals surface area contributed by atoms with E-state index in [1.54, 1.807) is 0 Å². The molecular formula is C9H11ClN2OS2. The van der Waals surface area contributed by atoms with Crippen LogP contribution in [0.25, 0.3) is 0 Å². The van der Waals surface area contributed by atoms with Crippen molar-refractivity contribution >= 4 is 35.1 Å². The number of aromatic amines is 1. The summed E-state index contributed by atoms with van der Waals surface area (Å²) >= 11 is 9.43. The molecule has 1 N–H and O–H groups in total. The fourth-order valence-electron chi connectivity index (χ4n) is 1.40.